The Kier molecular flexibility index (Phi) is 5.14. The van der Waals surface area contributed by atoms with Crippen molar-refractivity contribution in [2.24, 2.45) is 5.92 Å². The molecule has 4 rings (SSSR count). The number of aromatic amines is 1. The minimum Gasteiger partial charge on any atom is -0.341 e. The van der Waals surface area contributed by atoms with Crippen molar-refractivity contribution in [2.45, 2.75) is 12.3 Å². The summed E-state index contributed by atoms with van der Waals surface area (Å²) in [6.45, 7) is 0.0661. The van der Waals surface area contributed by atoms with E-state index in [4.69, 9.17) is 0 Å². The van der Waals surface area contributed by atoms with E-state index in [0.29, 0.717) is 23.8 Å². The maximum Gasteiger partial charge on any atom is 0.227 e. The number of nitrogens with zero attached hydrogens (tertiary/aromatic N) is 3. The number of nitrogens with one attached hydrogen (secondary N) is 1. The molecule has 1 N–H and O–H groups in total. The molecule has 1 saturated heterocycles. The fourth-order valence-corrected chi connectivity index (χ4v) is 3.61. The quantitative estimate of drug-likeness (QED) is 0.736. The molecule has 0 radical (unpaired) electrons. The van der Waals surface area contributed by atoms with Crippen LogP contribution in [0.3, 0.4) is 0 Å². The maximum absolute atomic E-state index is 13.8. The van der Waals surface area contributed by atoms with Crippen molar-refractivity contribution in [1.82, 2.24) is 20.1 Å². The van der Waals surface area contributed by atoms with Gasteiger partial charge in [-0.15, -0.1) is 0 Å². The van der Waals surface area contributed by atoms with Crippen LogP contribution >= 0.6 is 0 Å². The van der Waals surface area contributed by atoms with Crippen LogP contribution in [-0.4, -0.2) is 45.8 Å². The average Bonchev–Trinajstić information content (AvgIpc) is 3.37. The molecule has 0 saturated carbocycles. The normalized spacial score (nSPS) is 19.1. The highest BCUT2D eigenvalue weighted by molar-refractivity contribution is 5.79. The molecule has 3 aromatic rings. The first-order valence-corrected chi connectivity index (χ1v) is 9.20. The first-order valence-electron chi connectivity index (χ1n) is 9.20. The molecular weight excluding hydrogens is 362 g/mol. The number of H-pyrrole nitrogens is 1. The minimum atomic E-state index is -0.560. The van der Waals surface area contributed by atoms with Gasteiger partial charge in [0.25, 0.3) is 0 Å². The first kappa shape index (κ1) is 18.3. The van der Waals surface area contributed by atoms with Crippen LogP contribution in [0.15, 0.2) is 54.6 Å². The lowest BCUT2D eigenvalue weighted by atomic mass is 9.97. The van der Waals surface area contributed by atoms with Gasteiger partial charge < -0.3 is 4.90 Å². The molecule has 1 fully saturated rings. The van der Waals surface area contributed by atoms with Crippen molar-refractivity contribution in [2.75, 3.05) is 19.8 Å². The second-order valence-corrected chi connectivity index (χ2v) is 7.00. The molecule has 1 aromatic heterocycles. The van der Waals surface area contributed by atoms with Crippen LogP contribution < -0.4 is 0 Å². The number of benzene rings is 2. The number of carbonyl (C=O) groups is 1. The van der Waals surface area contributed by atoms with E-state index in [1.54, 1.807) is 23.1 Å². The lowest BCUT2D eigenvalue weighted by Crippen LogP contribution is -2.30. The Balaban J connectivity index is 1.49. The third-order valence-electron chi connectivity index (χ3n) is 5.18. The SMILES string of the molecule is O=C(Cc1ccccc1F)N1C[C@@H](CF)[C@H](c2nc(-c3ccccc3)n[nH]2)C1. The van der Waals surface area contributed by atoms with Crippen molar-refractivity contribution in [3.63, 3.8) is 0 Å². The van der Waals surface area contributed by atoms with Gasteiger partial charge in [0, 0.05) is 30.5 Å². The molecule has 2 heterocycles. The Bertz CT molecular complexity index is 960. The standard InChI is InChI=1S/C21H20F2N4O/c22-11-16-12-27(19(28)10-15-8-4-5-9-18(15)23)13-17(16)21-24-20(25-26-21)14-6-2-1-3-7-14/h1-9,16-17H,10-13H2,(H,24,25,26)/t16-,17-/m1/s1. The fraction of sp³-hybridized carbons (Fsp3) is 0.286. The molecule has 5 nitrogen and oxygen atoms in total. The summed E-state index contributed by atoms with van der Waals surface area (Å²) in [4.78, 5) is 18.7. The van der Waals surface area contributed by atoms with Gasteiger partial charge in [-0.25, -0.2) is 9.37 Å². The second kappa shape index (κ2) is 7.88. The molecule has 0 spiro atoms. The van der Waals surface area contributed by atoms with Crippen molar-refractivity contribution in [3.05, 3.63) is 71.8 Å². The van der Waals surface area contributed by atoms with Crippen molar-refractivity contribution >= 4 is 5.91 Å². The van der Waals surface area contributed by atoms with Crippen molar-refractivity contribution in [1.29, 1.82) is 0 Å². The highest BCUT2D eigenvalue weighted by Gasteiger charge is 2.38. The number of hydrogen-bond acceptors (Lipinski definition) is 3. The summed E-state index contributed by atoms with van der Waals surface area (Å²) in [6, 6.07) is 15.7. The summed E-state index contributed by atoms with van der Waals surface area (Å²) in [7, 11) is 0. The highest BCUT2D eigenvalue weighted by Crippen LogP contribution is 2.32. The van der Waals surface area contributed by atoms with Crippen LogP contribution in [0, 0.1) is 11.7 Å². The number of amides is 1. The Morgan fingerprint density at radius 2 is 1.86 bits per heavy atom. The zero-order valence-corrected chi connectivity index (χ0v) is 15.2. The summed E-state index contributed by atoms with van der Waals surface area (Å²) in [5.41, 5.74) is 1.21. The largest absolute Gasteiger partial charge is 0.341 e. The lowest BCUT2D eigenvalue weighted by Gasteiger charge is -2.16. The monoisotopic (exact) mass is 382 g/mol. The topological polar surface area (TPSA) is 61.9 Å². The van der Waals surface area contributed by atoms with E-state index in [2.05, 4.69) is 15.2 Å². The van der Waals surface area contributed by atoms with Gasteiger partial charge in [-0.1, -0.05) is 48.5 Å². The van der Waals surface area contributed by atoms with E-state index < -0.39 is 12.5 Å². The van der Waals surface area contributed by atoms with Crippen LogP contribution in [0.1, 0.15) is 17.3 Å². The van der Waals surface area contributed by atoms with Crippen LogP contribution in [0.5, 0.6) is 0 Å². The first-order chi connectivity index (χ1) is 13.7. The second-order valence-electron chi connectivity index (χ2n) is 7.00. The zero-order chi connectivity index (χ0) is 19.5. The minimum absolute atomic E-state index is 0.0376. The molecule has 1 amide bonds. The number of alkyl halides is 1. The number of aromatic nitrogens is 3. The summed E-state index contributed by atoms with van der Waals surface area (Å²) < 4.78 is 27.5. The molecule has 2 aromatic carbocycles. The number of hydrogen-bond donors (Lipinski definition) is 1. The molecule has 0 bridgehead atoms. The van der Waals surface area contributed by atoms with Crippen LogP contribution in [0.2, 0.25) is 0 Å². The summed E-state index contributed by atoms with van der Waals surface area (Å²) in [5, 5.41) is 7.14. The van der Waals surface area contributed by atoms with Gasteiger partial charge in [-0.3, -0.25) is 14.3 Å². The Labute approximate surface area is 161 Å². The third-order valence-corrected chi connectivity index (χ3v) is 5.18. The molecule has 7 heteroatoms. The van der Waals surface area contributed by atoms with Gasteiger partial charge in [-0.2, -0.15) is 5.10 Å². The van der Waals surface area contributed by atoms with Crippen LogP contribution in [0.4, 0.5) is 8.78 Å². The molecule has 0 aliphatic carbocycles. The third kappa shape index (κ3) is 3.65. The predicted molar refractivity (Wildman–Crippen MR) is 101 cm³/mol. The van der Waals surface area contributed by atoms with E-state index in [1.165, 1.54) is 6.07 Å². The van der Waals surface area contributed by atoms with Gasteiger partial charge in [0.15, 0.2) is 5.82 Å². The lowest BCUT2D eigenvalue weighted by molar-refractivity contribution is -0.129. The maximum atomic E-state index is 13.8. The molecule has 1 aliphatic heterocycles. The highest BCUT2D eigenvalue weighted by atomic mass is 19.1. The Hall–Kier alpha value is -3.09. The number of halogens is 2. The van der Waals surface area contributed by atoms with E-state index in [9.17, 15) is 13.6 Å². The van der Waals surface area contributed by atoms with E-state index >= 15 is 0 Å². The summed E-state index contributed by atoms with van der Waals surface area (Å²) >= 11 is 0. The predicted octanol–water partition coefficient (Wildman–Crippen LogP) is 3.37. The van der Waals surface area contributed by atoms with E-state index in [-0.39, 0.29) is 30.7 Å². The van der Waals surface area contributed by atoms with Crippen molar-refractivity contribution in [3.8, 4) is 11.4 Å². The molecular formula is C21H20F2N4O. The van der Waals surface area contributed by atoms with Gasteiger partial charge in [0.05, 0.1) is 13.1 Å². The molecule has 2 atom stereocenters. The van der Waals surface area contributed by atoms with Crippen LogP contribution in [-0.2, 0) is 11.2 Å². The average molecular weight is 382 g/mol. The van der Waals surface area contributed by atoms with Crippen molar-refractivity contribution < 1.29 is 13.6 Å². The van der Waals surface area contributed by atoms with Crippen LogP contribution in [0.25, 0.3) is 11.4 Å². The summed E-state index contributed by atoms with van der Waals surface area (Å²) in [5.74, 6) is -0.127. The molecule has 1 aliphatic rings. The molecule has 0 unspecified atom stereocenters. The number of likely N-dealkylation sites (tertiary alicyclic amines) is 1. The number of rotatable bonds is 5. The summed E-state index contributed by atoms with van der Waals surface area (Å²) in [6.07, 6.45) is -0.0376. The van der Waals surface area contributed by atoms with Gasteiger partial charge in [-0.05, 0) is 11.6 Å². The van der Waals surface area contributed by atoms with Gasteiger partial charge >= 0.3 is 0 Å². The smallest absolute Gasteiger partial charge is 0.227 e. The molecule has 28 heavy (non-hydrogen) atoms. The fourth-order valence-electron chi connectivity index (χ4n) is 3.61. The molecule has 144 valence electrons. The zero-order valence-electron chi connectivity index (χ0n) is 15.2. The van der Waals surface area contributed by atoms with E-state index in [1.807, 2.05) is 30.3 Å². The van der Waals surface area contributed by atoms with Gasteiger partial charge in [0.1, 0.15) is 11.6 Å². The van der Waals surface area contributed by atoms with Gasteiger partial charge in [0.2, 0.25) is 5.91 Å². The Morgan fingerprint density at radius 1 is 1.11 bits per heavy atom. The van der Waals surface area contributed by atoms with E-state index in [0.717, 1.165) is 5.56 Å². The Morgan fingerprint density at radius 3 is 2.61 bits per heavy atom. The number of carbonyl (C=O) groups excluding carboxylic acids is 1.